The van der Waals surface area contributed by atoms with E-state index in [2.05, 4.69) is 16.3 Å². The summed E-state index contributed by atoms with van der Waals surface area (Å²) in [7, 11) is 0. The maximum absolute atomic E-state index is 12.3. The van der Waals surface area contributed by atoms with E-state index < -0.39 is 0 Å². The van der Waals surface area contributed by atoms with Gasteiger partial charge in [0, 0.05) is 6.54 Å². The van der Waals surface area contributed by atoms with Crippen LogP contribution in [0.4, 0.5) is 0 Å². The van der Waals surface area contributed by atoms with E-state index in [1.54, 1.807) is 0 Å². The van der Waals surface area contributed by atoms with Crippen LogP contribution in [0, 0.1) is 20.8 Å². The summed E-state index contributed by atoms with van der Waals surface area (Å²) < 4.78 is 11.5. The Kier molecular flexibility index (Phi) is 6.56. The van der Waals surface area contributed by atoms with Gasteiger partial charge in [-0.3, -0.25) is 9.69 Å². The van der Waals surface area contributed by atoms with E-state index in [9.17, 15) is 4.79 Å². The van der Waals surface area contributed by atoms with Gasteiger partial charge in [-0.2, -0.15) is 0 Å². The first-order chi connectivity index (χ1) is 13.0. The van der Waals surface area contributed by atoms with Crippen LogP contribution in [0.2, 0.25) is 0 Å². The molecular formula is C22H30N2O3. The third kappa shape index (κ3) is 5.60. The van der Waals surface area contributed by atoms with E-state index >= 15 is 0 Å². The number of rotatable bonds is 7. The summed E-state index contributed by atoms with van der Waals surface area (Å²) in [4.78, 5) is 14.7. The van der Waals surface area contributed by atoms with Gasteiger partial charge in [0.1, 0.15) is 17.3 Å². The van der Waals surface area contributed by atoms with Crippen molar-refractivity contribution in [2.24, 2.45) is 0 Å². The van der Waals surface area contributed by atoms with Crippen molar-refractivity contribution >= 4 is 5.91 Å². The monoisotopic (exact) mass is 370 g/mol. The lowest BCUT2D eigenvalue weighted by molar-refractivity contribution is -0.123. The van der Waals surface area contributed by atoms with Gasteiger partial charge in [-0.25, -0.2) is 0 Å². The Balaban J connectivity index is 1.56. The topological polar surface area (TPSA) is 54.7 Å². The van der Waals surface area contributed by atoms with Gasteiger partial charge in [-0.1, -0.05) is 12.5 Å². The zero-order valence-corrected chi connectivity index (χ0v) is 16.6. The molecule has 0 radical (unpaired) electrons. The van der Waals surface area contributed by atoms with E-state index in [1.807, 2.05) is 45.0 Å². The number of hydrogen-bond acceptors (Lipinski definition) is 4. The average molecular weight is 370 g/mol. The molecule has 0 aliphatic carbocycles. The maximum atomic E-state index is 12.3. The van der Waals surface area contributed by atoms with Crippen LogP contribution in [0.1, 0.15) is 48.0 Å². The molecule has 1 fully saturated rings. The van der Waals surface area contributed by atoms with Crippen molar-refractivity contribution in [2.45, 2.75) is 46.1 Å². The highest BCUT2D eigenvalue weighted by atomic mass is 16.5. The van der Waals surface area contributed by atoms with Crippen molar-refractivity contribution in [3.63, 3.8) is 0 Å². The van der Waals surface area contributed by atoms with Crippen molar-refractivity contribution in [1.29, 1.82) is 0 Å². The minimum Gasteiger partial charge on any atom is -0.484 e. The number of piperidine rings is 1. The second-order valence-electron chi connectivity index (χ2n) is 7.48. The molecule has 1 atom stereocenters. The number of furan rings is 1. The quantitative estimate of drug-likeness (QED) is 0.802. The van der Waals surface area contributed by atoms with Crippen molar-refractivity contribution in [2.75, 3.05) is 26.2 Å². The molecule has 146 valence electrons. The second-order valence-corrected chi connectivity index (χ2v) is 7.48. The fraction of sp³-hybridized carbons (Fsp3) is 0.500. The summed E-state index contributed by atoms with van der Waals surface area (Å²) in [6, 6.07) is 10.1. The SMILES string of the molecule is Cc1cc(C)cc(OCC(=O)NC[C@H](c2ccc(C)o2)N2CCCCC2)c1. The number of carbonyl (C=O) groups is 1. The predicted molar refractivity (Wildman–Crippen MR) is 106 cm³/mol. The van der Waals surface area contributed by atoms with Gasteiger partial charge < -0.3 is 14.5 Å². The summed E-state index contributed by atoms with van der Waals surface area (Å²) in [6.45, 7) is 8.63. The standard InChI is InChI=1S/C22H30N2O3/c1-16-11-17(2)13-19(12-16)26-15-22(25)23-14-20(21-8-7-18(3)27-21)24-9-5-4-6-10-24/h7-8,11-13,20H,4-6,9-10,14-15H2,1-3H3,(H,23,25)/t20-/m1/s1. The molecule has 2 aromatic rings. The van der Waals surface area contributed by atoms with Crippen LogP contribution in [0.3, 0.4) is 0 Å². The molecule has 0 saturated carbocycles. The van der Waals surface area contributed by atoms with Gasteiger partial charge >= 0.3 is 0 Å². The summed E-state index contributed by atoms with van der Waals surface area (Å²) in [5, 5.41) is 3.02. The van der Waals surface area contributed by atoms with Crippen molar-refractivity contribution in [1.82, 2.24) is 10.2 Å². The van der Waals surface area contributed by atoms with E-state index in [-0.39, 0.29) is 18.6 Å². The first-order valence-electron chi connectivity index (χ1n) is 9.79. The minimum absolute atomic E-state index is 0.0206. The minimum atomic E-state index is -0.112. The van der Waals surface area contributed by atoms with Crippen LogP contribution in [-0.2, 0) is 4.79 Å². The molecular weight excluding hydrogens is 340 g/mol. The number of amides is 1. The zero-order chi connectivity index (χ0) is 19.2. The lowest BCUT2D eigenvalue weighted by atomic mass is 10.1. The van der Waals surface area contributed by atoms with Crippen molar-refractivity contribution in [3.05, 3.63) is 53.0 Å². The molecule has 1 aliphatic heterocycles. The smallest absolute Gasteiger partial charge is 0.258 e. The molecule has 0 spiro atoms. The molecule has 2 heterocycles. The van der Waals surface area contributed by atoms with Gasteiger partial charge in [0.15, 0.2) is 6.61 Å². The molecule has 5 nitrogen and oxygen atoms in total. The third-order valence-electron chi connectivity index (χ3n) is 4.98. The number of carbonyl (C=O) groups excluding carboxylic acids is 1. The summed E-state index contributed by atoms with van der Waals surface area (Å²) in [5.41, 5.74) is 2.26. The highest BCUT2D eigenvalue weighted by molar-refractivity contribution is 5.77. The van der Waals surface area contributed by atoms with Gasteiger partial charge in [-0.05, 0) is 82.1 Å². The Bertz CT molecular complexity index is 742. The molecule has 1 amide bonds. The number of nitrogens with one attached hydrogen (secondary N) is 1. The molecule has 5 heteroatoms. The molecule has 1 aliphatic rings. The van der Waals surface area contributed by atoms with Crippen LogP contribution in [0.25, 0.3) is 0 Å². The van der Waals surface area contributed by atoms with Gasteiger partial charge in [0.25, 0.3) is 5.91 Å². The first kappa shape index (κ1) is 19.5. The number of nitrogens with zero attached hydrogens (tertiary/aromatic N) is 1. The Morgan fingerprint density at radius 1 is 1.11 bits per heavy atom. The highest BCUT2D eigenvalue weighted by Crippen LogP contribution is 2.25. The Hall–Kier alpha value is -2.27. The molecule has 1 aromatic carbocycles. The first-order valence-corrected chi connectivity index (χ1v) is 9.79. The normalized spacial score (nSPS) is 16.1. The van der Waals surface area contributed by atoms with E-state index in [1.165, 1.54) is 19.3 Å². The van der Waals surface area contributed by atoms with Crippen molar-refractivity contribution in [3.8, 4) is 5.75 Å². The van der Waals surface area contributed by atoms with Gasteiger partial charge in [0.05, 0.1) is 6.04 Å². The van der Waals surface area contributed by atoms with Crippen LogP contribution in [-0.4, -0.2) is 37.0 Å². The number of ether oxygens (including phenoxy) is 1. The number of aryl methyl sites for hydroxylation is 3. The maximum Gasteiger partial charge on any atom is 0.258 e. The molecule has 27 heavy (non-hydrogen) atoms. The van der Waals surface area contributed by atoms with Gasteiger partial charge in [0.2, 0.25) is 0 Å². The van der Waals surface area contributed by atoms with E-state index in [0.29, 0.717) is 6.54 Å². The van der Waals surface area contributed by atoms with E-state index in [4.69, 9.17) is 9.15 Å². The van der Waals surface area contributed by atoms with Crippen LogP contribution >= 0.6 is 0 Å². The third-order valence-corrected chi connectivity index (χ3v) is 4.98. The molecule has 1 aromatic heterocycles. The van der Waals surface area contributed by atoms with Crippen LogP contribution < -0.4 is 10.1 Å². The molecule has 1 saturated heterocycles. The summed E-state index contributed by atoms with van der Waals surface area (Å²) in [5.74, 6) is 2.44. The number of likely N-dealkylation sites (tertiary alicyclic amines) is 1. The predicted octanol–water partition coefficient (Wildman–Crippen LogP) is 3.93. The Morgan fingerprint density at radius 2 is 1.81 bits per heavy atom. The second kappa shape index (κ2) is 9.09. The van der Waals surface area contributed by atoms with Crippen LogP contribution in [0.5, 0.6) is 5.75 Å². The lowest BCUT2D eigenvalue weighted by Gasteiger charge is -2.33. The summed E-state index contributed by atoms with van der Waals surface area (Å²) >= 11 is 0. The molecule has 0 unspecified atom stereocenters. The Morgan fingerprint density at radius 3 is 2.44 bits per heavy atom. The molecule has 0 bridgehead atoms. The van der Waals surface area contributed by atoms with Crippen LogP contribution in [0.15, 0.2) is 34.7 Å². The van der Waals surface area contributed by atoms with Crippen molar-refractivity contribution < 1.29 is 13.9 Å². The number of benzene rings is 1. The molecule has 1 N–H and O–H groups in total. The Labute approximate surface area is 161 Å². The highest BCUT2D eigenvalue weighted by Gasteiger charge is 2.25. The molecule has 3 rings (SSSR count). The fourth-order valence-electron chi connectivity index (χ4n) is 3.70. The van der Waals surface area contributed by atoms with Gasteiger partial charge in [-0.15, -0.1) is 0 Å². The zero-order valence-electron chi connectivity index (χ0n) is 16.6. The fourth-order valence-corrected chi connectivity index (χ4v) is 3.70. The number of hydrogen-bond donors (Lipinski definition) is 1. The largest absolute Gasteiger partial charge is 0.484 e. The summed E-state index contributed by atoms with van der Waals surface area (Å²) in [6.07, 6.45) is 3.66. The average Bonchev–Trinajstić information content (AvgIpc) is 3.06. The lowest BCUT2D eigenvalue weighted by Crippen LogP contribution is -2.41. The van der Waals surface area contributed by atoms with E-state index in [0.717, 1.165) is 41.5 Å².